The minimum absolute atomic E-state index is 0.0491. The molecule has 0 saturated heterocycles. The van der Waals surface area contributed by atoms with Gasteiger partial charge in [0.05, 0.1) is 16.1 Å². The van der Waals surface area contributed by atoms with Crippen molar-refractivity contribution in [2.75, 3.05) is 10.0 Å². The number of hydrogen-bond donors (Lipinski definition) is 2. The van der Waals surface area contributed by atoms with Crippen LogP contribution in [0.15, 0.2) is 71.6 Å². The minimum atomic E-state index is -4.07. The van der Waals surface area contributed by atoms with Gasteiger partial charge in [-0.1, -0.05) is 53.5 Å². The number of anilines is 3. The van der Waals surface area contributed by atoms with E-state index in [1.54, 1.807) is 18.2 Å². The van der Waals surface area contributed by atoms with Gasteiger partial charge < -0.3 is 5.32 Å². The molecular weight excluding hydrogens is 443 g/mol. The monoisotopic (exact) mass is 458 g/mol. The largest absolute Gasteiger partial charge is 0.337 e. The highest BCUT2D eigenvalue weighted by molar-refractivity contribution is 7.92. The summed E-state index contributed by atoms with van der Waals surface area (Å²) in [4.78, 5) is 8.90. The van der Waals surface area contributed by atoms with E-state index in [2.05, 4.69) is 20.0 Å². The highest BCUT2D eigenvalue weighted by atomic mass is 35.5. The van der Waals surface area contributed by atoms with Gasteiger partial charge in [0.1, 0.15) is 4.90 Å². The molecule has 0 saturated carbocycles. The van der Waals surface area contributed by atoms with Crippen molar-refractivity contribution in [2.24, 2.45) is 0 Å². The predicted octanol–water partition coefficient (Wildman–Crippen LogP) is 5.79. The number of rotatable bonds is 5. The van der Waals surface area contributed by atoms with E-state index in [1.165, 1.54) is 18.2 Å². The second-order valence-electron chi connectivity index (χ2n) is 6.53. The van der Waals surface area contributed by atoms with Crippen LogP contribution < -0.4 is 10.0 Å². The summed E-state index contributed by atoms with van der Waals surface area (Å²) in [6, 6.07) is 19.0. The third kappa shape index (κ3) is 4.18. The van der Waals surface area contributed by atoms with E-state index in [4.69, 9.17) is 23.2 Å². The van der Waals surface area contributed by atoms with E-state index in [9.17, 15) is 8.42 Å². The Labute approximate surface area is 183 Å². The van der Waals surface area contributed by atoms with Gasteiger partial charge in [-0.3, -0.25) is 4.72 Å². The molecule has 0 atom stereocenters. The van der Waals surface area contributed by atoms with Gasteiger partial charge in [-0.05, 0) is 48.9 Å². The van der Waals surface area contributed by atoms with Crippen LogP contribution in [0.5, 0.6) is 0 Å². The van der Waals surface area contributed by atoms with E-state index >= 15 is 0 Å². The van der Waals surface area contributed by atoms with E-state index < -0.39 is 10.0 Å². The van der Waals surface area contributed by atoms with E-state index in [-0.39, 0.29) is 26.6 Å². The van der Waals surface area contributed by atoms with E-state index in [0.29, 0.717) is 11.0 Å². The van der Waals surface area contributed by atoms with Gasteiger partial charge in [-0.15, -0.1) is 0 Å². The number of halogens is 2. The average Bonchev–Trinajstić information content (AvgIpc) is 2.71. The lowest BCUT2D eigenvalue weighted by Crippen LogP contribution is -2.16. The molecule has 0 fully saturated rings. The first-order valence-corrected chi connectivity index (χ1v) is 11.1. The summed E-state index contributed by atoms with van der Waals surface area (Å²) in [6.07, 6.45) is 0. The first kappa shape index (κ1) is 20.4. The highest BCUT2D eigenvalue weighted by Gasteiger charge is 2.22. The van der Waals surface area contributed by atoms with Crippen LogP contribution >= 0.6 is 23.2 Å². The highest BCUT2D eigenvalue weighted by Crippen LogP contribution is 2.31. The molecule has 152 valence electrons. The Hall–Kier alpha value is -2.87. The lowest BCUT2D eigenvalue weighted by molar-refractivity contribution is 0.601. The summed E-state index contributed by atoms with van der Waals surface area (Å²) < 4.78 is 28.6. The molecule has 0 spiro atoms. The van der Waals surface area contributed by atoms with Crippen molar-refractivity contribution in [3.05, 3.63) is 82.3 Å². The molecular formula is C21H16Cl2N4O2S. The maximum atomic E-state index is 13.0. The molecule has 0 aliphatic heterocycles. The van der Waals surface area contributed by atoms with Gasteiger partial charge in [0.15, 0.2) is 11.6 Å². The lowest BCUT2D eigenvalue weighted by atomic mass is 10.2. The zero-order valence-electron chi connectivity index (χ0n) is 15.7. The Bertz CT molecular complexity index is 1360. The summed E-state index contributed by atoms with van der Waals surface area (Å²) in [6.45, 7) is 1.94. The number of benzene rings is 3. The van der Waals surface area contributed by atoms with Crippen LogP contribution in [-0.4, -0.2) is 18.4 Å². The number of aryl methyl sites for hydroxylation is 1. The SMILES string of the molecule is Cc1ccccc1Nc1nc2ccccc2nc1NS(=O)(=O)c1cc(Cl)ccc1Cl. The minimum Gasteiger partial charge on any atom is -0.337 e. The molecule has 0 amide bonds. The van der Waals surface area contributed by atoms with Crippen LogP contribution in [0, 0.1) is 6.92 Å². The molecule has 1 heterocycles. The molecule has 0 bridgehead atoms. The van der Waals surface area contributed by atoms with E-state index in [0.717, 1.165) is 11.3 Å². The molecule has 9 heteroatoms. The summed E-state index contributed by atoms with van der Waals surface area (Å²) in [5.74, 6) is 0.317. The summed E-state index contributed by atoms with van der Waals surface area (Å²) in [7, 11) is -4.07. The molecule has 1 aromatic heterocycles. The first-order chi connectivity index (χ1) is 14.3. The summed E-state index contributed by atoms with van der Waals surface area (Å²) in [5, 5.41) is 3.48. The Morgan fingerprint density at radius 2 is 1.47 bits per heavy atom. The molecule has 0 aliphatic carbocycles. The molecule has 4 rings (SSSR count). The fraction of sp³-hybridized carbons (Fsp3) is 0.0476. The van der Waals surface area contributed by atoms with Crippen LogP contribution in [0.3, 0.4) is 0 Å². The zero-order chi connectivity index (χ0) is 21.3. The quantitative estimate of drug-likeness (QED) is 0.395. The van der Waals surface area contributed by atoms with Gasteiger partial charge in [0.25, 0.3) is 10.0 Å². The predicted molar refractivity (Wildman–Crippen MR) is 121 cm³/mol. The van der Waals surface area contributed by atoms with Crippen molar-refractivity contribution in [3.8, 4) is 0 Å². The summed E-state index contributed by atoms with van der Waals surface area (Å²) >= 11 is 12.1. The van der Waals surface area contributed by atoms with Crippen LogP contribution in [0.2, 0.25) is 10.0 Å². The molecule has 0 unspecified atom stereocenters. The molecule has 0 radical (unpaired) electrons. The number of aromatic nitrogens is 2. The van der Waals surface area contributed by atoms with Crippen LogP contribution in [0.25, 0.3) is 11.0 Å². The second-order valence-corrected chi connectivity index (χ2v) is 9.02. The van der Waals surface area contributed by atoms with Crippen LogP contribution in [0.1, 0.15) is 5.56 Å². The van der Waals surface area contributed by atoms with Crippen molar-refractivity contribution in [1.29, 1.82) is 0 Å². The normalized spacial score (nSPS) is 11.4. The van der Waals surface area contributed by atoms with Crippen LogP contribution in [-0.2, 0) is 10.0 Å². The smallest absolute Gasteiger partial charge is 0.264 e. The molecule has 30 heavy (non-hydrogen) atoms. The molecule has 0 aliphatic rings. The number of sulfonamides is 1. The topological polar surface area (TPSA) is 84.0 Å². The molecule has 6 nitrogen and oxygen atoms in total. The van der Waals surface area contributed by atoms with Crippen molar-refractivity contribution in [3.63, 3.8) is 0 Å². The fourth-order valence-corrected chi connectivity index (χ4v) is 4.64. The Balaban J connectivity index is 1.82. The third-order valence-corrected chi connectivity index (χ3v) is 6.44. The third-order valence-electron chi connectivity index (χ3n) is 4.38. The Morgan fingerprint density at radius 1 is 0.833 bits per heavy atom. The molecule has 3 aromatic carbocycles. The number of para-hydroxylation sites is 3. The van der Waals surface area contributed by atoms with Crippen molar-refractivity contribution >= 4 is 61.6 Å². The van der Waals surface area contributed by atoms with Crippen molar-refractivity contribution in [1.82, 2.24) is 9.97 Å². The number of hydrogen-bond acceptors (Lipinski definition) is 5. The average molecular weight is 459 g/mol. The number of nitrogens with one attached hydrogen (secondary N) is 2. The van der Waals surface area contributed by atoms with Crippen molar-refractivity contribution < 1.29 is 8.42 Å². The van der Waals surface area contributed by atoms with Gasteiger partial charge in [-0.25, -0.2) is 18.4 Å². The van der Waals surface area contributed by atoms with Gasteiger partial charge in [-0.2, -0.15) is 0 Å². The van der Waals surface area contributed by atoms with E-state index in [1.807, 2.05) is 37.3 Å². The maximum absolute atomic E-state index is 13.0. The number of fused-ring (bicyclic) bond motifs is 1. The first-order valence-electron chi connectivity index (χ1n) is 8.91. The Kier molecular flexibility index (Phi) is 5.51. The molecule has 2 N–H and O–H groups in total. The summed E-state index contributed by atoms with van der Waals surface area (Å²) in [5.41, 5.74) is 2.92. The van der Waals surface area contributed by atoms with Crippen LogP contribution in [0.4, 0.5) is 17.3 Å². The molecule has 4 aromatic rings. The van der Waals surface area contributed by atoms with Gasteiger partial charge in [0, 0.05) is 10.7 Å². The maximum Gasteiger partial charge on any atom is 0.264 e. The Morgan fingerprint density at radius 3 is 2.17 bits per heavy atom. The standard InChI is InChI=1S/C21H16Cl2N4O2S/c1-13-6-2-3-7-16(13)24-20-21(26-18-9-5-4-8-17(18)25-20)27-30(28,29)19-12-14(22)10-11-15(19)23/h2-12H,1H3,(H,24,25)(H,26,27). The second kappa shape index (κ2) is 8.10. The van der Waals surface area contributed by atoms with Gasteiger partial charge in [0.2, 0.25) is 0 Å². The fourth-order valence-electron chi connectivity index (χ4n) is 2.86. The van der Waals surface area contributed by atoms with Crippen molar-refractivity contribution in [2.45, 2.75) is 11.8 Å². The van der Waals surface area contributed by atoms with Gasteiger partial charge >= 0.3 is 0 Å². The number of nitrogens with zero attached hydrogens (tertiary/aromatic N) is 2. The zero-order valence-corrected chi connectivity index (χ0v) is 18.1. The lowest BCUT2D eigenvalue weighted by Gasteiger charge is -2.15.